The normalized spacial score (nSPS) is 14.4. The lowest BCUT2D eigenvalue weighted by atomic mass is 10.1. The molecule has 0 aliphatic rings. The van der Waals surface area contributed by atoms with Crippen molar-refractivity contribution < 1.29 is 23.5 Å². The molecule has 1 atom stereocenters. The average Bonchev–Trinajstić information content (AvgIpc) is 2.60. The van der Waals surface area contributed by atoms with Crippen molar-refractivity contribution in [2.24, 2.45) is 0 Å². The number of aliphatic hydroxyl groups is 1. The molecule has 0 unspecified atom stereocenters. The zero-order valence-corrected chi connectivity index (χ0v) is 24.0. The van der Waals surface area contributed by atoms with E-state index in [9.17, 15) is 9.90 Å². The van der Waals surface area contributed by atoms with Crippen LogP contribution in [0.2, 0.25) is 36.3 Å². The summed E-state index contributed by atoms with van der Waals surface area (Å²) in [6.45, 7) is 24.2. The van der Waals surface area contributed by atoms with Gasteiger partial charge in [0.2, 0.25) is 16.6 Å². The predicted octanol–water partition coefficient (Wildman–Crippen LogP) is 6.48. The summed E-state index contributed by atoms with van der Waals surface area (Å²) in [5.41, 5.74) is 0.887. The minimum Gasteiger partial charge on any atom is -0.543 e. The molecule has 0 spiro atoms. The molecule has 182 valence electrons. The van der Waals surface area contributed by atoms with Gasteiger partial charge in [0.15, 0.2) is 0 Å². The highest BCUT2D eigenvalue weighted by molar-refractivity contribution is 6.75. The molecule has 0 saturated heterocycles. The predicted molar refractivity (Wildman–Crippen MR) is 138 cm³/mol. The third kappa shape index (κ3) is 8.08. The maximum Gasteiger partial charge on any atom is 0.330 e. The number of aliphatic hydroxyl groups excluding tert-OH is 1. The van der Waals surface area contributed by atoms with Gasteiger partial charge in [0, 0.05) is 18.6 Å². The molecule has 5 nitrogen and oxygen atoms in total. The van der Waals surface area contributed by atoms with Gasteiger partial charge in [0.25, 0.3) is 0 Å². The van der Waals surface area contributed by atoms with Gasteiger partial charge in [-0.2, -0.15) is 0 Å². The van der Waals surface area contributed by atoms with Crippen molar-refractivity contribution >= 4 is 22.6 Å². The Kier molecular flexibility index (Phi) is 9.40. The second kappa shape index (κ2) is 10.6. The fraction of sp³-hybridized carbons (Fsp3) is 0.640. The monoisotopic (exact) mass is 480 g/mol. The maximum atomic E-state index is 11.6. The third-order valence-electron chi connectivity index (χ3n) is 6.56. The van der Waals surface area contributed by atoms with E-state index in [4.69, 9.17) is 13.6 Å². The zero-order chi connectivity index (χ0) is 25.0. The quantitative estimate of drug-likeness (QED) is 0.249. The summed E-state index contributed by atoms with van der Waals surface area (Å²) in [4.78, 5) is 11.6. The Hall–Kier alpha value is -1.58. The highest BCUT2D eigenvalue weighted by atomic mass is 28.4. The second-order valence-electron chi connectivity index (χ2n) is 11.4. The summed E-state index contributed by atoms with van der Waals surface area (Å²) in [6, 6.07) is 5.89. The van der Waals surface area contributed by atoms with Gasteiger partial charge >= 0.3 is 5.97 Å². The minimum absolute atomic E-state index is 0.0307. The van der Waals surface area contributed by atoms with Gasteiger partial charge in [-0.1, -0.05) is 47.6 Å². The average molecular weight is 481 g/mol. The second-order valence-corrected chi connectivity index (χ2v) is 20.8. The van der Waals surface area contributed by atoms with Gasteiger partial charge in [0.05, 0.1) is 12.7 Å². The van der Waals surface area contributed by atoms with Crippen LogP contribution in [-0.2, 0) is 16.0 Å². The van der Waals surface area contributed by atoms with E-state index in [2.05, 4.69) is 67.7 Å². The van der Waals surface area contributed by atoms with Crippen LogP contribution in [0.4, 0.5) is 0 Å². The summed E-state index contributed by atoms with van der Waals surface area (Å²) in [7, 11) is -4.11. The first kappa shape index (κ1) is 28.5. The summed E-state index contributed by atoms with van der Waals surface area (Å²) >= 11 is 0. The fourth-order valence-electron chi connectivity index (χ4n) is 2.41. The molecule has 0 amide bonds. The lowest BCUT2D eigenvalue weighted by Gasteiger charge is -2.38. The summed E-state index contributed by atoms with van der Waals surface area (Å²) < 4.78 is 18.1. The lowest BCUT2D eigenvalue weighted by molar-refractivity contribution is -0.137. The summed E-state index contributed by atoms with van der Waals surface area (Å²) in [5.74, 6) is 1.09. The standard InChI is InChI=1S/C25H44O5Si2/c1-12-28-23(27)16-14-20(26)17-19-13-15-21(29-31(8,9)24(2,3)4)18-22(19)30-32(10,11)25(5,6)7/h13-16,18,20,26H,12,17H2,1-11H3/b16-14+/t20-/m1/s1. The van der Waals surface area contributed by atoms with Crippen molar-refractivity contribution in [3.63, 3.8) is 0 Å². The SMILES string of the molecule is CCOC(=O)/C=C/[C@@H](O)Cc1ccc(O[Si](C)(C)C(C)(C)C)cc1O[Si](C)(C)C(C)(C)C. The zero-order valence-electron chi connectivity index (χ0n) is 22.0. The number of ether oxygens (including phenoxy) is 1. The molecule has 0 radical (unpaired) electrons. The number of carbonyl (C=O) groups is 1. The van der Waals surface area contributed by atoms with Gasteiger partial charge in [0.1, 0.15) is 11.5 Å². The van der Waals surface area contributed by atoms with Crippen LogP contribution in [0.25, 0.3) is 0 Å². The molecular formula is C25H44O5Si2. The molecule has 1 aromatic rings. The molecule has 0 heterocycles. The van der Waals surface area contributed by atoms with E-state index in [-0.39, 0.29) is 10.1 Å². The van der Waals surface area contributed by atoms with E-state index in [1.54, 1.807) is 6.92 Å². The smallest absolute Gasteiger partial charge is 0.330 e. The summed E-state index contributed by atoms with van der Waals surface area (Å²) in [6.07, 6.45) is 2.25. The Labute approximate surface area is 197 Å². The largest absolute Gasteiger partial charge is 0.543 e. The van der Waals surface area contributed by atoms with Crippen molar-refractivity contribution in [1.29, 1.82) is 0 Å². The first-order valence-corrected chi connectivity index (χ1v) is 17.3. The molecule has 7 heteroatoms. The third-order valence-corrected chi connectivity index (χ3v) is 15.3. The van der Waals surface area contributed by atoms with Gasteiger partial charge < -0.3 is 18.7 Å². The van der Waals surface area contributed by atoms with Gasteiger partial charge in [-0.3, -0.25) is 0 Å². The number of rotatable bonds is 9. The Balaban J connectivity index is 3.27. The van der Waals surface area contributed by atoms with E-state index in [1.165, 1.54) is 12.2 Å². The highest BCUT2D eigenvalue weighted by Crippen LogP contribution is 2.41. The highest BCUT2D eigenvalue weighted by Gasteiger charge is 2.41. The molecule has 1 aromatic carbocycles. The van der Waals surface area contributed by atoms with E-state index in [0.29, 0.717) is 13.0 Å². The Morgan fingerprint density at radius 3 is 2.03 bits per heavy atom. The van der Waals surface area contributed by atoms with E-state index < -0.39 is 28.7 Å². The van der Waals surface area contributed by atoms with Crippen molar-refractivity contribution in [3.8, 4) is 11.5 Å². The van der Waals surface area contributed by atoms with Crippen LogP contribution < -0.4 is 8.85 Å². The molecule has 0 aliphatic heterocycles. The van der Waals surface area contributed by atoms with Crippen LogP contribution in [0.15, 0.2) is 30.4 Å². The van der Waals surface area contributed by atoms with Crippen LogP contribution in [0.3, 0.4) is 0 Å². The molecule has 32 heavy (non-hydrogen) atoms. The van der Waals surface area contributed by atoms with E-state index in [0.717, 1.165) is 17.1 Å². The topological polar surface area (TPSA) is 65.0 Å². The van der Waals surface area contributed by atoms with Crippen LogP contribution >= 0.6 is 0 Å². The summed E-state index contributed by atoms with van der Waals surface area (Å²) in [5, 5.41) is 10.6. The number of benzene rings is 1. The van der Waals surface area contributed by atoms with Crippen molar-refractivity contribution in [3.05, 3.63) is 35.9 Å². The molecule has 1 N–H and O–H groups in total. The van der Waals surface area contributed by atoms with E-state index in [1.807, 2.05) is 18.2 Å². The first-order valence-electron chi connectivity index (χ1n) is 11.4. The Morgan fingerprint density at radius 2 is 1.53 bits per heavy atom. The van der Waals surface area contributed by atoms with Crippen molar-refractivity contribution in [1.82, 2.24) is 0 Å². The molecule has 0 aromatic heterocycles. The van der Waals surface area contributed by atoms with Crippen LogP contribution in [0, 0.1) is 0 Å². The number of carbonyl (C=O) groups excluding carboxylic acids is 1. The molecular weight excluding hydrogens is 436 g/mol. The molecule has 0 bridgehead atoms. The van der Waals surface area contributed by atoms with E-state index >= 15 is 0 Å². The fourth-order valence-corrected chi connectivity index (χ4v) is 4.48. The van der Waals surface area contributed by atoms with Crippen LogP contribution in [0.5, 0.6) is 11.5 Å². The first-order chi connectivity index (χ1) is 14.4. The van der Waals surface area contributed by atoms with Crippen LogP contribution in [0.1, 0.15) is 54.0 Å². The number of hydrogen-bond donors (Lipinski definition) is 1. The Morgan fingerprint density at radius 1 is 1.00 bits per heavy atom. The molecule has 0 aliphatic carbocycles. The lowest BCUT2D eigenvalue weighted by Crippen LogP contribution is -2.44. The van der Waals surface area contributed by atoms with Crippen molar-refractivity contribution in [2.45, 2.75) is 97.3 Å². The molecule has 0 fully saturated rings. The van der Waals surface area contributed by atoms with Crippen molar-refractivity contribution in [2.75, 3.05) is 6.61 Å². The van der Waals surface area contributed by atoms with Gasteiger partial charge in [-0.05, 0) is 60.9 Å². The minimum atomic E-state index is -2.11. The molecule has 0 saturated carbocycles. The molecule has 1 rings (SSSR count). The number of hydrogen-bond acceptors (Lipinski definition) is 5. The van der Waals surface area contributed by atoms with Gasteiger partial charge in [-0.15, -0.1) is 0 Å². The maximum absolute atomic E-state index is 11.6. The van der Waals surface area contributed by atoms with Gasteiger partial charge in [-0.25, -0.2) is 4.79 Å². The number of esters is 1. The Bertz CT molecular complexity index is 802. The van der Waals surface area contributed by atoms with Crippen LogP contribution in [-0.4, -0.2) is 40.4 Å².